The molecule has 6 amide bonds. The van der Waals surface area contributed by atoms with Gasteiger partial charge in [-0.15, -0.1) is 0 Å². The van der Waals surface area contributed by atoms with Crippen molar-refractivity contribution < 1.29 is 52.5 Å². The molecule has 0 bridgehead atoms. The van der Waals surface area contributed by atoms with Gasteiger partial charge in [-0.3, -0.25) is 39.0 Å². The molecule has 7 rings (SSSR count). The lowest BCUT2D eigenvalue weighted by Gasteiger charge is -2.37. The molecule has 3 N–H and O–H groups in total. The number of para-hydroxylation sites is 1. The van der Waals surface area contributed by atoms with E-state index < -0.39 is 53.7 Å². The van der Waals surface area contributed by atoms with Crippen LogP contribution in [0.1, 0.15) is 157 Å². The van der Waals surface area contributed by atoms with E-state index in [4.69, 9.17) is 18.9 Å². The van der Waals surface area contributed by atoms with Crippen LogP contribution in [0.3, 0.4) is 0 Å². The lowest BCUT2D eigenvalue weighted by atomic mass is 9.91. The topological polar surface area (TPSA) is 199 Å². The van der Waals surface area contributed by atoms with Gasteiger partial charge in [-0.05, 0) is 137 Å². The highest BCUT2D eigenvalue weighted by atomic mass is 16.5. The average Bonchev–Trinajstić information content (AvgIpc) is 3.66. The summed E-state index contributed by atoms with van der Waals surface area (Å²) in [6.45, 7) is 9.44. The number of aryl methyl sites for hydroxylation is 4. The molecule has 16 heteroatoms. The second-order valence-corrected chi connectivity index (χ2v) is 19.9. The van der Waals surface area contributed by atoms with Gasteiger partial charge in [0.2, 0.25) is 17.7 Å². The third-order valence-electron chi connectivity index (χ3n) is 14.7. The molecule has 3 aliphatic heterocycles. The molecule has 3 heterocycles. The zero-order chi connectivity index (χ0) is 53.6. The van der Waals surface area contributed by atoms with Gasteiger partial charge in [0.25, 0.3) is 17.7 Å². The first-order valence-electron chi connectivity index (χ1n) is 26.6. The van der Waals surface area contributed by atoms with Gasteiger partial charge in [-0.1, -0.05) is 75.1 Å². The number of esters is 1. The molecule has 0 aliphatic carbocycles. The van der Waals surface area contributed by atoms with Gasteiger partial charge in [-0.25, -0.2) is 4.79 Å². The summed E-state index contributed by atoms with van der Waals surface area (Å²) in [6, 6.07) is 20.7. The number of likely N-dealkylation sites (tertiary alicyclic amines) is 1. The van der Waals surface area contributed by atoms with Crippen LogP contribution < -0.4 is 30.2 Å². The van der Waals surface area contributed by atoms with Crippen molar-refractivity contribution >= 4 is 47.1 Å². The van der Waals surface area contributed by atoms with Crippen LogP contribution in [0, 0.1) is 20.8 Å². The fraction of sp³-hybridized carbons (Fsp3) is 0.475. The first kappa shape index (κ1) is 55.5. The van der Waals surface area contributed by atoms with Gasteiger partial charge in [0, 0.05) is 37.3 Å². The number of hydrogen-bond donors (Lipinski definition) is 3. The number of piperidine rings is 2. The summed E-state index contributed by atoms with van der Waals surface area (Å²) in [7, 11) is 3.17. The Morgan fingerprint density at radius 1 is 0.760 bits per heavy atom. The fourth-order valence-electron chi connectivity index (χ4n) is 10.4. The Bertz CT molecular complexity index is 2740. The highest BCUT2D eigenvalue weighted by Crippen LogP contribution is 2.38. The normalized spacial score (nSPS) is 17.2. The predicted molar refractivity (Wildman–Crippen MR) is 284 cm³/mol. The Balaban J connectivity index is 0.882. The lowest BCUT2D eigenvalue weighted by Crippen LogP contribution is -2.54. The summed E-state index contributed by atoms with van der Waals surface area (Å²) < 4.78 is 23.9. The number of carbonyl (C=O) groups is 7. The van der Waals surface area contributed by atoms with Crippen LogP contribution in [0.2, 0.25) is 0 Å². The number of amides is 6. The Labute approximate surface area is 440 Å². The van der Waals surface area contributed by atoms with Crippen molar-refractivity contribution in [1.82, 2.24) is 20.4 Å². The summed E-state index contributed by atoms with van der Waals surface area (Å²) in [5.41, 5.74) is 6.97. The molecular formula is C59H73N5O11. The molecule has 400 valence electrons. The molecule has 2 saturated heterocycles. The van der Waals surface area contributed by atoms with Crippen molar-refractivity contribution in [2.24, 2.45) is 0 Å². The van der Waals surface area contributed by atoms with Crippen molar-refractivity contribution in [3.63, 3.8) is 0 Å². The smallest absolute Gasteiger partial charge is 0.329 e. The lowest BCUT2D eigenvalue weighted by molar-refractivity contribution is -0.162. The van der Waals surface area contributed by atoms with E-state index in [1.54, 1.807) is 43.4 Å². The quantitative estimate of drug-likeness (QED) is 0.0325. The summed E-state index contributed by atoms with van der Waals surface area (Å²) in [6.07, 6.45) is 8.73. The maximum absolute atomic E-state index is 14.5. The number of ether oxygens (including phenoxy) is 4. The third-order valence-corrected chi connectivity index (χ3v) is 14.7. The van der Waals surface area contributed by atoms with Crippen LogP contribution >= 0.6 is 0 Å². The second-order valence-electron chi connectivity index (χ2n) is 19.9. The molecule has 3 aliphatic rings. The second kappa shape index (κ2) is 26.3. The number of fused-ring (bicyclic) bond motifs is 1. The Morgan fingerprint density at radius 3 is 2.24 bits per heavy atom. The number of unbranched alkanes of at least 4 members (excludes halogenated alkanes) is 5. The van der Waals surface area contributed by atoms with E-state index in [1.165, 1.54) is 11.1 Å². The van der Waals surface area contributed by atoms with Crippen molar-refractivity contribution in [2.75, 3.05) is 45.8 Å². The van der Waals surface area contributed by atoms with Crippen molar-refractivity contribution in [3.8, 4) is 17.2 Å². The van der Waals surface area contributed by atoms with E-state index >= 15 is 0 Å². The zero-order valence-electron chi connectivity index (χ0n) is 44.4. The highest BCUT2D eigenvalue weighted by molar-refractivity contribution is 6.23. The number of rotatable bonds is 25. The number of methoxy groups -OCH3 is 2. The molecule has 0 radical (unpaired) electrons. The summed E-state index contributed by atoms with van der Waals surface area (Å²) in [4.78, 5) is 94.9. The molecule has 1 unspecified atom stereocenters. The minimum absolute atomic E-state index is 0.0682. The number of hydrogen-bond acceptors (Lipinski definition) is 12. The van der Waals surface area contributed by atoms with Crippen LogP contribution in [0.15, 0.2) is 72.8 Å². The van der Waals surface area contributed by atoms with Crippen LogP contribution in [-0.2, 0) is 35.1 Å². The average molecular weight is 1030 g/mol. The Hall–Kier alpha value is -7.23. The highest BCUT2D eigenvalue weighted by Gasteiger charge is 2.45. The molecule has 0 spiro atoms. The van der Waals surface area contributed by atoms with Gasteiger partial charge < -0.3 is 34.5 Å². The molecule has 0 aromatic heterocycles. The van der Waals surface area contributed by atoms with Gasteiger partial charge in [-0.2, -0.15) is 0 Å². The van der Waals surface area contributed by atoms with Gasteiger partial charge in [0.1, 0.15) is 23.9 Å². The van der Waals surface area contributed by atoms with Crippen LogP contribution in [-0.4, -0.2) is 104 Å². The SMILES string of the molecule is CC[C@H](C(=O)N1CCCC[C@H]1C(=O)O[C@H](CCc1ccc(C)c(C)c1)c1ccccc1OCC(=O)NCCCCCCCCNc1ccc2c(c1)C(=O)N(C1CCC(=O)NC1=O)C2=O)c1cc(C)c(OC)c(OC)c1. The molecule has 4 aromatic carbocycles. The van der Waals surface area contributed by atoms with Gasteiger partial charge in [0.15, 0.2) is 18.1 Å². The van der Waals surface area contributed by atoms with Crippen LogP contribution in [0.25, 0.3) is 0 Å². The van der Waals surface area contributed by atoms with E-state index in [2.05, 4.69) is 48.0 Å². The Morgan fingerprint density at radius 2 is 1.51 bits per heavy atom. The molecule has 0 saturated carbocycles. The third kappa shape index (κ3) is 13.7. The molecular weight excluding hydrogens is 955 g/mol. The molecule has 16 nitrogen and oxygen atoms in total. The van der Waals surface area contributed by atoms with Crippen LogP contribution in [0.5, 0.6) is 17.2 Å². The number of anilines is 1. The van der Waals surface area contributed by atoms with Crippen molar-refractivity contribution in [3.05, 3.63) is 117 Å². The molecule has 4 atom stereocenters. The largest absolute Gasteiger partial charge is 0.493 e. The van der Waals surface area contributed by atoms with Gasteiger partial charge >= 0.3 is 5.97 Å². The van der Waals surface area contributed by atoms with Crippen molar-refractivity contribution in [2.45, 2.75) is 142 Å². The van der Waals surface area contributed by atoms with E-state index in [1.807, 2.05) is 44.2 Å². The minimum atomic E-state index is -1.00. The first-order valence-corrected chi connectivity index (χ1v) is 26.6. The number of carbonyl (C=O) groups excluding carboxylic acids is 7. The minimum Gasteiger partial charge on any atom is -0.493 e. The number of benzene rings is 4. The fourth-order valence-corrected chi connectivity index (χ4v) is 10.4. The summed E-state index contributed by atoms with van der Waals surface area (Å²) in [5.74, 6) is -1.85. The first-order chi connectivity index (χ1) is 36.2. The van der Waals surface area contributed by atoms with E-state index in [0.717, 1.165) is 73.0 Å². The number of imide groups is 2. The predicted octanol–water partition coefficient (Wildman–Crippen LogP) is 8.77. The Kier molecular flexibility index (Phi) is 19.5. The maximum atomic E-state index is 14.5. The van der Waals surface area contributed by atoms with E-state index in [0.29, 0.717) is 73.8 Å². The zero-order valence-corrected chi connectivity index (χ0v) is 44.4. The molecule has 4 aromatic rings. The monoisotopic (exact) mass is 1030 g/mol. The number of nitrogens with one attached hydrogen (secondary N) is 3. The summed E-state index contributed by atoms with van der Waals surface area (Å²) in [5, 5.41) is 8.52. The number of nitrogens with zero attached hydrogens (tertiary/aromatic N) is 2. The van der Waals surface area contributed by atoms with E-state index in [-0.39, 0.29) is 42.4 Å². The molecule has 2 fully saturated rings. The summed E-state index contributed by atoms with van der Waals surface area (Å²) >= 11 is 0. The van der Waals surface area contributed by atoms with Gasteiger partial charge in [0.05, 0.1) is 31.3 Å². The van der Waals surface area contributed by atoms with Crippen LogP contribution in [0.4, 0.5) is 5.69 Å². The van der Waals surface area contributed by atoms with Crippen molar-refractivity contribution in [1.29, 1.82) is 0 Å². The molecule has 75 heavy (non-hydrogen) atoms. The standard InChI is InChI=1S/C59H73N5O11/c1-7-43(41-33-39(4)54(73-6)51(34-41)72-5)56(68)63-31-17-14-19-48(63)59(71)75-50(27-23-40-22-21-37(2)38(3)32-40)45-18-12-13-20-49(45)74-36-53(66)61-30-16-11-9-8-10-15-29-60-42-24-25-44-46(35-42)58(70)64(57(44)69)47-26-28-52(65)62-55(47)67/h12-13,18,20-22,24-25,32-35,43,47-48,50,60H,7-11,14-17,19,23,26-31,36H2,1-6H3,(H,61,66)(H,62,65,67)/t43-,47?,48-,50+/m0/s1. The maximum Gasteiger partial charge on any atom is 0.329 e. The van der Waals surface area contributed by atoms with E-state index in [9.17, 15) is 33.6 Å².